The Hall–Kier alpha value is -2.24. The first-order chi connectivity index (χ1) is 16.0. The summed E-state index contributed by atoms with van der Waals surface area (Å²) in [6.07, 6.45) is -27.9. The maximum atomic E-state index is 14.0. The molecular weight excluding hydrogens is 540 g/mol. The van der Waals surface area contributed by atoms with Crippen LogP contribution in [0.5, 0.6) is 0 Å². The van der Waals surface area contributed by atoms with Crippen molar-refractivity contribution in [1.29, 1.82) is 0 Å². The van der Waals surface area contributed by atoms with Crippen molar-refractivity contribution >= 4 is 11.9 Å². The molecule has 0 radical (unpaired) electrons. The van der Waals surface area contributed by atoms with Crippen LogP contribution in [0.1, 0.15) is 12.8 Å². The molecule has 3 unspecified atom stereocenters. The molecule has 0 aromatic carbocycles. The van der Waals surface area contributed by atoms with Crippen LogP contribution in [0.25, 0.3) is 0 Å². The van der Waals surface area contributed by atoms with Crippen molar-refractivity contribution in [3.8, 4) is 0 Å². The minimum absolute atomic E-state index is 0.732. The molecule has 1 fully saturated rings. The fourth-order valence-electron chi connectivity index (χ4n) is 4.91. The van der Waals surface area contributed by atoms with Crippen LogP contribution in [0.3, 0.4) is 0 Å². The Morgan fingerprint density at radius 3 is 1.50 bits per heavy atom. The van der Waals surface area contributed by atoms with Gasteiger partial charge in [0.2, 0.25) is 0 Å². The normalized spacial score (nSPS) is 25.4. The summed E-state index contributed by atoms with van der Waals surface area (Å²) in [7, 11) is 0. The molecule has 0 aliphatic heterocycles. The molecule has 0 aromatic heterocycles. The molecule has 0 aromatic rings. The SMILES string of the molecule is O=C(O)COC(CC1C2C=CC(C2)[C@@H]1C(OCC(=O)O)(C(F)(F)F)C(F)(F)F)(C(F)(F)F)C(F)(F)F. The monoisotopic (exact) mass is 556 g/mol. The number of carboxylic acids is 2. The highest BCUT2D eigenvalue weighted by atomic mass is 19.4. The second-order valence-corrected chi connectivity index (χ2v) is 8.26. The molecule has 208 valence electrons. The Bertz CT molecular complexity index is 844. The number of hydrogen-bond donors (Lipinski definition) is 2. The third-order valence-electron chi connectivity index (χ3n) is 6.24. The van der Waals surface area contributed by atoms with Crippen molar-refractivity contribution in [2.45, 2.75) is 48.7 Å². The first-order valence-electron chi connectivity index (χ1n) is 9.68. The van der Waals surface area contributed by atoms with E-state index in [2.05, 4.69) is 9.47 Å². The molecule has 0 spiro atoms. The number of allylic oxidation sites excluding steroid dienone is 2. The molecule has 2 bridgehead atoms. The van der Waals surface area contributed by atoms with Gasteiger partial charge in [-0.25, -0.2) is 9.59 Å². The fraction of sp³-hybridized carbons (Fsp3) is 0.778. The lowest BCUT2D eigenvalue weighted by atomic mass is 9.67. The quantitative estimate of drug-likeness (QED) is 0.315. The van der Waals surface area contributed by atoms with Gasteiger partial charge >= 0.3 is 36.6 Å². The lowest BCUT2D eigenvalue weighted by molar-refractivity contribution is -0.408. The van der Waals surface area contributed by atoms with Gasteiger partial charge in [0.1, 0.15) is 13.2 Å². The molecule has 2 aliphatic rings. The summed E-state index contributed by atoms with van der Waals surface area (Å²) < 4.78 is 174. The number of ether oxygens (including phenoxy) is 2. The zero-order valence-electron chi connectivity index (χ0n) is 17.4. The first-order valence-corrected chi connectivity index (χ1v) is 9.68. The number of carbonyl (C=O) groups is 2. The Morgan fingerprint density at radius 2 is 1.11 bits per heavy atom. The second kappa shape index (κ2) is 9.25. The van der Waals surface area contributed by atoms with Gasteiger partial charge in [0.05, 0.1) is 0 Å². The van der Waals surface area contributed by atoms with Crippen LogP contribution in [0.4, 0.5) is 52.7 Å². The van der Waals surface area contributed by atoms with E-state index in [0.29, 0.717) is 0 Å². The number of halogens is 12. The van der Waals surface area contributed by atoms with Crippen LogP contribution < -0.4 is 0 Å². The van der Waals surface area contributed by atoms with E-state index < -0.39 is 97.6 Å². The molecule has 4 atom stereocenters. The van der Waals surface area contributed by atoms with Crippen molar-refractivity contribution in [2.75, 3.05) is 13.2 Å². The summed E-state index contributed by atoms with van der Waals surface area (Å²) in [6, 6.07) is 0. The van der Waals surface area contributed by atoms with Gasteiger partial charge < -0.3 is 19.7 Å². The average molecular weight is 556 g/mol. The van der Waals surface area contributed by atoms with E-state index >= 15 is 0 Å². The van der Waals surface area contributed by atoms with Crippen molar-refractivity contribution < 1.29 is 82.0 Å². The Morgan fingerprint density at radius 1 is 0.694 bits per heavy atom. The fourth-order valence-corrected chi connectivity index (χ4v) is 4.91. The largest absolute Gasteiger partial charge is 0.480 e. The van der Waals surface area contributed by atoms with Crippen molar-refractivity contribution in [1.82, 2.24) is 0 Å². The van der Waals surface area contributed by atoms with Gasteiger partial charge in [0.15, 0.2) is 0 Å². The molecule has 0 saturated heterocycles. The number of aliphatic carboxylic acids is 2. The Labute approximate surface area is 192 Å². The predicted molar refractivity (Wildman–Crippen MR) is 89.2 cm³/mol. The van der Waals surface area contributed by atoms with E-state index in [-0.39, 0.29) is 0 Å². The molecule has 2 rings (SSSR count). The van der Waals surface area contributed by atoms with E-state index in [4.69, 9.17) is 10.2 Å². The summed E-state index contributed by atoms with van der Waals surface area (Å²) in [5, 5.41) is 17.2. The molecule has 2 N–H and O–H groups in total. The second-order valence-electron chi connectivity index (χ2n) is 8.26. The molecule has 0 heterocycles. The van der Waals surface area contributed by atoms with E-state index in [1.807, 2.05) is 0 Å². The Kier molecular flexibility index (Phi) is 7.71. The Balaban J connectivity index is 2.76. The standard InChI is InChI=1S/C18H16F12O6/c19-15(20,21)13(16(22,23)24,35-5-10(31)32)4-9-7-1-2-8(3-7)12(9)14(17(25,26)27,18(28,29)30)36-6-11(33)34/h1-2,7-9,12H,3-6H2,(H,31,32)(H,33,34)/t7?,8?,9?,12-/m0/s1. The lowest BCUT2D eigenvalue weighted by Crippen LogP contribution is -2.67. The topological polar surface area (TPSA) is 93.1 Å². The zero-order valence-corrected chi connectivity index (χ0v) is 17.4. The van der Waals surface area contributed by atoms with Gasteiger partial charge in [-0.05, 0) is 30.6 Å². The van der Waals surface area contributed by atoms with Crippen LogP contribution in [-0.2, 0) is 19.1 Å². The van der Waals surface area contributed by atoms with Crippen LogP contribution >= 0.6 is 0 Å². The number of hydrogen-bond acceptors (Lipinski definition) is 4. The van der Waals surface area contributed by atoms with E-state index in [9.17, 15) is 62.3 Å². The van der Waals surface area contributed by atoms with Crippen LogP contribution in [0.15, 0.2) is 12.2 Å². The minimum Gasteiger partial charge on any atom is -0.480 e. The van der Waals surface area contributed by atoms with Crippen molar-refractivity contribution in [3.63, 3.8) is 0 Å². The average Bonchev–Trinajstić information content (AvgIpc) is 3.23. The van der Waals surface area contributed by atoms with Crippen molar-refractivity contribution in [3.05, 3.63) is 12.2 Å². The summed E-state index contributed by atoms with van der Waals surface area (Å²) in [5.41, 5.74) is -10.9. The lowest BCUT2D eigenvalue weighted by Gasteiger charge is -2.48. The summed E-state index contributed by atoms with van der Waals surface area (Å²) in [5.74, 6) is -14.2. The minimum atomic E-state index is -6.54. The van der Waals surface area contributed by atoms with Gasteiger partial charge in [-0.15, -0.1) is 0 Å². The number of rotatable bonds is 9. The molecule has 36 heavy (non-hydrogen) atoms. The smallest absolute Gasteiger partial charge is 0.426 e. The highest BCUT2D eigenvalue weighted by Crippen LogP contribution is 2.64. The van der Waals surface area contributed by atoms with Gasteiger partial charge in [0, 0.05) is 5.92 Å². The van der Waals surface area contributed by atoms with E-state index in [0.717, 1.165) is 12.2 Å². The zero-order chi connectivity index (χ0) is 28.1. The summed E-state index contributed by atoms with van der Waals surface area (Å²) in [4.78, 5) is 21.4. The highest BCUT2D eigenvalue weighted by Gasteiger charge is 2.81. The van der Waals surface area contributed by atoms with E-state index in [1.165, 1.54) is 0 Å². The number of carboxylic acid groups (broad SMARTS) is 2. The van der Waals surface area contributed by atoms with Gasteiger partial charge in [-0.2, -0.15) is 52.7 Å². The third kappa shape index (κ3) is 4.97. The molecule has 1 saturated carbocycles. The maximum Gasteiger partial charge on any atom is 0.426 e. The molecule has 0 amide bonds. The molecule has 18 heteroatoms. The number of fused-ring (bicyclic) bond motifs is 2. The van der Waals surface area contributed by atoms with E-state index in [1.54, 1.807) is 0 Å². The number of alkyl halides is 12. The first kappa shape index (κ1) is 30.0. The van der Waals surface area contributed by atoms with Gasteiger partial charge in [0.25, 0.3) is 11.2 Å². The van der Waals surface area contributed by atoms with Gasteiger partial charge in [-0.1, -0.05) is 12.2 Å². The van der Waals surface area contributed by atoms with Crippen LogP contribution in [-0.4, -0.2) is 71.3 Å². The summed E-state index contributed by atoms with van der Waals surface area (Å²) in [6.45, 7) is -4.47. The molecular formula is C18H16F12O6. The third-order valence-corrected chi connectivity index (χ3v) is 6.24. The highest BCUT2D eigenvalue weighted by molar-refractivity contribution is 5.68. The van der Waals surface area contributed by atoms with Crippen LogP contribution in [0.2, 0.25) is 0 Å². The molecule has 2 aliphatic carbocycles. The van der Waals surface area contributed by atoms with Crippen molar-refractivity contribution in [2.24, 2.45) is 23.7 Å². The molecule has 6 nitrogen and oxygen atoms in total. The predicted octanol–water partition coefficient (Wildman–Crippen LogP) is 4.74. The van der Waals surface area contributed by atoms with Crippen LogP contribution in [0, 0.1) is 23.7 Å². The maximum absolute atomic E-state index is 14.0. The summed E-state index contributed by atoms with van der Waals surface area (Å²) >= 11 is 0. The van der Waals surface area contributed by atoms with Gasteiger partial charge in [-0.3, -0.25) is 0 Å².